The molecule has 0 unspecified atom stereocenters. The van der Waals surface area contributed by atoms with E-state index in [0.717, 1.165) is 19.3 Å². The molecule has 4 nitrogen and oxygen atoms in total. The molecule has 118 valence electrons. The number of aryl methyl sites for hydroxylation is 1. The number of likely N-dealkylation sites (tertiary alicyclic amines) is 1. The van der Waals surface area contributed by atoms with Crippen LogP contribution in [-0.4, -0.2) is 29.9 Å². The maximum atomic E-state index is 12.2. The molecule has 1 aliphatic carbocycles. The van der Waals surface area contributed by atoms with Gasteiger partial charge in [0, 0.05) is 19.0 Å². The van der Waals surface area contributed by atoms with Crippen LogP contribution in [0.3, 0.4) is 0 Å². The lowest BCUT2D eigenvalue weighted by Gasteiger charge is -2.31. The average molecular weight is 301 g/mol. The molecule has 2 aliphatic rings. The van der Waals surface area contributed by atoms with Crippen LogP contribution in [-0.2, 0) is 16.0 Å². The zero-order valence-electron chi connectivity index (χ0n) is 13.1. The molecular weight excluding hydrogens is 278 g/mol. The van der Waals surface area contributed by atoms with Gasteiger partial charge in [-0.2, -0.15) is 0 Å². The van der Waals surface area contributed by atoms with Gasteiger partial charge < -0.3 is 9.64 Å². The summed E-state index contributed by atoms with van der Waals surface area (Å²) >= 11 is 0. The van der Waals surface area contributed by atoms with Crippen molar-refractivity contribution in [3.63, 3.8) is 0 Å². The molecule has 0 radical (unpaired) electrons. The third kappa shape index (κ3) is 3.49. The van der Waals surface area contributed by atoms with E-state index in [1.165, 1.54) is 5.56 Å². The highest BCUT2D eigenvalue weighted by Gasteiger charge is 2.36. The van der Waals surface area contributed by atoms with Gasteiger partial charge in [-0.3, -0.25) is 9.59 Å². The third-order valence-electron chi connectivity index (χ3n) is 4.62. The number of benzene rings is 1. The maximum Gasteiger partial charge on any atom is 0.314 e. The summed E-state index contributed by atoms with van der Waals surface area (Å²) in [5.41, 5.74) is 1.23. The molecule has 1 saturated heterocycles. The number of hydrogen-bond acceptors (Lipinski definition) is 3. The van der Waals surface area contributed by atoms with Crippen molar-refractivity contribution in [3.05, 3.63) is 29.8 Å². The zero-order chi connectivity index (χ0) is 15.5. The Morgan fingerprint density at radius 1 is 1.05 bits per heavy atom. The molecule has 1 amide bonds. The van der Waals surface area contributed by atoms with Crippen LogP contribution in [0.25, 0.3) is 0 Å². The number of nitrogens with zero attached hydrogens (tertiary/aromatic N) is 1. The van der Waals surface area contributed by atoms with E-state index in [1.54, 1.807) is 0 Å². The molecule has 3 rings (SSSR count). The Hall–Kier alpha value is -1.84. The van der Waals surface area contributed by atoms with Gasteiger partial charge in [0.05, 0.1) is 5.92 Å². The van der Waals surface area contributed by atoms with Crippen molar-refractivity contribution in [2.45, 2.75) is 39.0 Å². The normalized spacial score (nSPS) is 19.0. The first-order chi connectivity index (χ1) is 10.7. The third-order valence-corrected chi connectivity index (χ3v) is 4.62. The molecule has 22 heavy (non-hydrogen) atoms. The van der Waals surface area contributed by atoms with E-state index >= 15 is 0 Å². The van der Waals surface area contributed by atoms with Crippen molar-refractivity contribution in [1.82, 2.24) is 4.90 Å². The smallest absolute Gasteiger partial charge is 0.314 e. The molecule has 1 heterocycles. The van der Waals surface area contributed by atoms with Crippen LogP contribution in [0, 0.1) is 11.8 Å². The van der Waals surface area contributed by atoms with Crippen LogP contribution in [0.1, 0.15) is 38.2 Å². The van der Waals surface area contributed by atoms with Crippen LogP contribution in [0.4, 0.5) is 0 Å². The summed E-state index contributed by atoms with van der Waals surface area (Å²) in [5, 5.41) is 0. The first-order valence-electron chi connectivity index (χ1n) is 8.26. The molecule has 0 N–H and O–H groups in total. The molecule has 2 fully saturated rings. The van der Waals surface area contributed by atoms with Crippen molar-refractivity contribution in [3.8, 4) is 5.75 Å². The number of piperidine rings is 1. The van der Waals surface area contributed by atoms with Gasteiger partial charge in [-0.1, -0.05) is 19.1 Å². The van der Waals surface area contributed by atoms with Crippen molar-refractivity contribution < 1.29 is 14.3 Å². The standard InChI is InChI=1S/C18H23NO3/c1-2-13-3-7-16(8-4-13)22-18(21)15-9-11-19(12-10-15)17(20)14-5-6-14/h3-4,7-8,14-15H,2,5-6,9-12H2,1H3. The SMILES string of the molecule is CCc1ccc(OC(=O)C2CCN(C(=O)C3CC3)CC2)cc1. The lowest BCUT2D eigenvalue weighted by atomic mass is 9.96. The maximum absolute atomic E-state index is 12.2. The fraction of sp³-hybridized carbons (Fsp3) is 0.556. The van der Waals surface area contributed by atoms with E-state index in [-0.39, 0.29) is 23.7 Å². The van der Waals surface area contributed by atoms with E-state index in [9.17, 15) is 9.59 Å². The number of hydrogen-bond donors (Lipinski definition) is 0. The molecule has 0 aromatic heterocycles. The predicted octanol–water partition coefficient (Wildman–Crippen LogP) is 2.80. The van der Waals surface area contributed by atoms with Crippen LogP contribution in [0.5, 0.6) is 5.75 Å². The Labute approximate surface area is 131 Å². The van der Waals surface area contributed by atoms with Gasteiger partial charge >= 0.3 is 5.97 Å². The van der Waals surface area contributed by atoms with Crippen molar-refractivity contribution >= 4 is 11.9 Å². The van der Waals surface area contributed by atoms with E-state index in [1.807, 2.05) is 29.2 Å². The van der Waals surface area contributed by atoms with Gasteiger partial charge in [-0.25, -0.2) is 0 Å². The molecule has 0 bridgehead atoms. The van der Waals surface area contributed by atoms with Crippen molar-refractivity contribution in [1.29, 1.82) is 0 Å². The summed E-state index contributed by atoms with van der Waals surface area (Å²) in [6.45, 7) is 3.46. The van der Waals surface area contributed by atoms with Gasteiger partial charge in [0.15, 0.2) is 0 Å². The largest absolute Gasteiger partial charge is 0.426 e. The zero-order valence-corrected chi connectivity index (χ0v) is 13.1. The number of carbonyl (C=O) groups is 2. The van der Waals surface area contributed by atoms with Gasteiger partial charge in [-0.05, 0) is 49.8 Å². The lowest BCUT2D eigenvalue weighted by molar-refractivity contribution is -0.143. The fourth-order valence-electron chi connectivity index (χ4n) is 2.92. The second kappa shape index (κ2) is 6.51. The van der Waals surface area contributed by atoms with Crippen LogP contribution in [0.2, 0.25) is 0 Å². The molecule has 0 spiro atoms. The topological polar surface area (TPSA) is 46.6 Å². The predicted molar refractivity (Wildman–Crippen MR) is 83.5 cm³/mol. The minimum atomic E-state index is -0.164. The van der Waals surface area contributed by atoms with Crippen LogP contribution < -0.4 is 4.74 Å². The molecular formula is C18H23NO3. The van der Waals surface area contributed by atoms with E-state index in [2.05, 4.69) is 6.92 Å². The second-order valence-corrected chi connectivity index (χ2v) is 6.29. The Kier molecular flexibility index (Phi) is 4.46. The summed E-state index contributed by atoms with van der Waals surface area (Å²) in [7, 11) is 0. The summed E-state index contributed by atoms with van der Waals surface area (Å²) < 4.78 is 5.47. The van der Waals surface area contributed by atoms with Crippen LogP contribution in [0.15, 0.2) is 24.3 Å². The lowest BCUT2D eigenvalue weighted by Crippen LogP contribution is -2.41. The number of amides is 1. The first-order valence-corrected chi connectivity index (χ1v) is 8.26. The summed E-state index contributed by atoms with van der Waals surface area (Å²) in [5.74, 6) is 0.901. The van der Waals surface area contributed by atoms with Crippen LogP contribution >= 0.6 is 0 Å². The molecule has 1 aliphatic heterocycles. The highest BCUT2D eigenvalue weighted by Crippen LogP contribution is 2.32. The molecule has 1 saturated carbocycles. The first kappa shape index (κ1) is 15.1. The molecule has 0 atom stereocenters. The van der Waals surface area contributed by atoms with E-state index in [4.69, 9.17) is 4.74 Å². The quantitative estimate of drug-likeness (QED) is 0.634. The summed E-state index contributed by atoms with van der Waals surface area (Å²) in [6, 6.07) is 7.67. The summed E-state index contributed by atoms with van der Waals surface area (Å²) in [6.07, 6.45) is 4.47. The molecule has 1 aromatic carbocycles. The average Bonchev–Trinajstić information content (AvgIpc) is 3.40. The second-order valence-electron chi connectivity index (χ2n) is 6.29. The van der Waals surface area contributed by atoms with Gasteiger partial charge in [-0.15, -0.1) is 0 Å². The highest BCUT2D eigenvalue weighted by atomic mass is 16.5. The van der Waals surface area contributed by atoms with E-state index < -0.39 is 0 Å². The summed E-state index contributed by atoms with van der Waals surface area (Å²) in [4.78, 5) is 26.1. The van der Waals surface area contributed by atoms with E-state index in [0.29, 0.717) is 31.7 Å². The van der Waals surface area contributed by atoms with Gasteiger partial charge in [0.1, 0.15) is 5.75 Å². The fourth-order valence-corrected chi connectivity index (χ4v) is 2.92. The number of carbonyl (C=O) groups excluding carboxylic acids is 2. The van der Waals surface area contributed by atoms with Crippen molar-refractivity contribution in [2.75, 3.05) is 13.1 Å². The minimum absolute atomic E-state index is 0.0888. The number of rotatable bonds is 4. The Morgan fingerprint density at radius 3 is 2.23 bits per heavy atom. The molecule has 4 heteroatoms. The Morgan fingerprint density at radius 2 is 1.68 bits per heavy atom. The highest BCUT2D eigenvalue weighted by molar-refractivity contribution is 5.81. The molecule has 1 aromatic rings. The number of esters is 1. The Balaban J connectivity index is 1.49. The monoisotopic (exact) mass is 301 g/mol. The van der Waals surface area contributed by atoms with Crippen molar-refractivity contribution in [2.24, 2.45) is 11.8 Å². The number of ether oxygens (including phenoxy) is 1. The van der Waals surface area contributed by atoms with Gasteiger partial charge in [0.25, 0.3) is 0 Å². The minimum Gasteiger partial charge on any atom is -0.426 e. The Bertz CT molecular complexity index is 540. The van der Waals surface area contributed by atoms with Gasteiger partial charge in [0.2, 0.25) is 5.91 Å².